The Morgan fingerprint density at radius 1 is 1.16 bits per heavy atom. The molecule has 204 valence electrons. The normalized spacial score (nSPS) is 30.8. The van der Waals surface area contributed by atoms with E-state index in [-0.39, 0.29) is 40.0 Å². The molecule has 2 fully saturated rings. The number of hydrogen-bond acceptors (Lipinski definition) is 4. The lowest BCUT2D eigenvalue weighted by Crippen LogP contribution is -2.50. The van der Waals surface area contributed by atoms with Gasteiger partial charge in [-0.05, 0) is 66.8 Å². The molecule has 3 aliphatic rings. The highest BCUT2D eigenvalue weighted by Gasteiger charge is 2.66. The maximum absolute atomic E-state index is 15.8. The molecule has 4 atom stereocenters. The molecule has 1 spiro atoms. The molecule has 2 aliphatic heterocycles. The van der Waals surface area contributed by atoms with Crippen LogP contribution in [-0.2, 0) is 15.0 Å². The minimum absolute atomic E-state index is 0.0629. The van der Waals surface area contributed by atoms with Gasteiger partial charge in [0.25, 0.3) is 0 Å². The number of carbonyl (C=O) groups is 2. The molecule has 1 saturated heterocycles. The van der Waals surface area contributed by atoms with Crippen molar-refractivity contribution in [2.45, 2.75) is 88.4 Å². The Hall–Kier alpha value is -2.19. The van der Waals surface area contributed by atoms with Gasteiger partial charge in [0, 0.05) is 28.7 Å². The summed E-state index contributed by atoms with van der Waals surface area (Å²) in [5.74, 6) is -2.09. The van der Waals surface area contributed by atoms with Gasteiger partial charge in [0.05, 0.1) is 17.2 Å². The smallest absolute Gasteiger partial charge is 0.238 e. The number of benzene rings is 2. The highest BCUT2D eigenvalue weighted by Crippen LogP contribution is 2.57. The molecule has 38 heavy (non-hydrogen) atoms. The van der Waals surface area contributed by atoms with Crippen LogP contribution in [0.25, 0.3) is 0 Å². The number of halogens is 3. The number of carbonyl (C=O) groups excluding carboxylic acids is 2. The minimum atomic E-state index is -1.27. The largest absolute Gasteiger partial charge is 0.393 e. The van der Waals surface area contributed by atoms with E-state index in [4.69, 9.17) is 23.2 Å². The van der Waals surface area contributed by atoms with Crippen LogP contribution in [0.2, 0.25) is 10.0 Å². The molecule has 0 bridgehead atoms. The van der Waals surface area contributed by atoms with Crippen molar-refractivity contribution < 1.29 is 19.1 Å². The molecule has 0 radical (unpaired) electrons. The molecule has 6 nitrogen and oxygen atoms in total. The molecule has 0 aromatic heterocycles. The first-order valence-corrected chi connectivity index (χ1v) is 14.0. The standard InChI is InChI=1S/C29H34Cl2FN3O3/c1-28(2,3)14-22-29(19-12-7-15(30)13-21(19)34-27(29)38)23(18-5-4-6-20(31)24(18)32)25(35-22)26(37)33-16-8-10-17(36)11-9-16/h4-7,12-13,16-17,22-23,25,35-36H,8-11,14H2,1-3H3,(H,33,37)(H,34,38)/t16?,17?,22?,23?,25?,29-/m1/s1. The van der Waals surface area contributed by atoms with Crippen LogP contribution in [0.4, 0.5) is 10.1 Å². The summed E-state index contributed by atoms with van der Waals surface area (Å²) in [5.41, 5.74) is -0.00278. The predicted molar refractivity (Wildman–Crippen MR) is 147 cm³/mol. The molecular formula is C29H34Cl2FN3O3. The number of nitrogens with one attached hydrogen (secondary N) is 3. The third-order valence-corrected chi connectivity index (χ3v) is 8.79. The first-order chi connectivity index (χ1) is 17.9. The van der Waals surface area contributed by atoms with E-state index in [2.05, 4.69) is 36.7 Å². The number of anilines is 1. The third kappa shape index (κ3) is 4.72. The highest BCUT2D eigenvalue weighted by atomic mass is 35.5. The van der Waals surface area contributed by atoms with Crippen LogP contribution in [0, 0.1) is 11.2 Å². The summed E-state index contributed by atoms with van der Waals surface area (Å²) in [5, 5.41) is 19.9. The van der Waals surface area contributed by atoms with Crippen molar-refractivity contribution in [1.29, 1.82) is 0 Å². The van der Waals surface area contributed by atoms with Crippen molar-refractivity contribution in [3.63, 3.8) is 0 Å². The fourth-order valence-electron chi connectivity index (χ4n) is 6.66. The van der Waals surface area contributed by atoms with Crippen molar-refractivity contribution in [3.8, 4) is 0 Å². The van der Waals surface area contributed by atoms with Crippen LogP contribution >= 0.6 is 23.2 Å². The zero-order valence-corrected chi connectivity index (χ0v) is 23.3. The van der Waals surface area contributed by atoms with Gasteiger partial charge in [-0.2, -0.15) is 0 Å². The molecule has 1 aliphatic carbocycles. The SMILES string of the molecule is CC(C)(C)CC1NC(C(=O)NC2CCC(O)CC2)C(c2cccc(Cl)c2F)[C@]12C(=O)Nc1cc(Cl)ccc12. The van der Waals surface area contributed by atoms with Gasteiger partial charge in [0.2, 0.25) is 11.8 Å². The van der Waals surface area contributed by atoms with E-state index < -0.39 is 29.2 Å². The van der Waals surface area contributed by atoms with E-state index in [1.807, 2.05) is 6.07 Å². The van der Waals surface area contributed by atoms with Crippen LogP contribution < -0.4 is 16.0 Å². The Morgan fingerprint density at radius 2 is 1.87 bits per heavy atom. The molecule has 3 unspecified atom stereocenters. The zero-order chi connectivity index (χ0) is 27.4. The molecule has 5 rings (SSSR count). The second-order valence-electron chi connectivity index (χ2n) is 12.1. The summed E-state index contributed by atoms with van der Waals surface area (Å²) in [6.07, 6.45) is 2.75. The van der Waals surface area contributed by atoms with E-state index in [0.717, 1.165) is 0 Å². The Morgan fingerprint density at radius 3 is 2.55 bits per heavy atom. The van der Waals surface area contributed by atoms with Crippen molar-refractivity contribution in [2.75, 3.05) is 5.32 Å². The van der Waals surface area contributed by atoms with Gasteiger partial charge < -0.3 is 21.1 Å². The van der Waals surface area contributed by atoms with Crippen molar-refractivity contribution in [3.05, 3.63) is 63.4 Å². The number of rotatable bonds is 4. The summed E-state index contributed by atoms with van der Waals surface area (Å²) in [7, 11) is 0. The average Bonchev–Trinajstić information content (AvgIpc) is 3.31. The summed E-state index contributed by atoms with van der Waals surface area (Å²) in [6, 6.07) is 8.50. The lowest BCUT2D eigenvalue weighted by Gasteiger charge is -2.38. The zero-order valence-electron chi connectivity index (χ0n) is 21.8. The Balaban J connectivity index is 1.67. The van der Waals surface area contributed by atoms with Crippen LogP contribution in [-0.4, -0.2) is 41.2 Å². The Labute approximate surface area is 232 Å². The van der Waals surface area contributed by atoms with Gasteiger partial charge in [-0.1, -0.05) is 62.2 Å². The minimum Gasteiger partial charge on any atom is -0.393 e. The lowest BCUT2D eigenvalue weighted by molar-refractivity contribution is -0.124. The Kier molecular flexibility index (Phi) is 7.27. The number of aliphatic hydroxyl groups is 1. The van der Waals surface area contributed by atoms with E-state index in [1.54, 1.807) is 24.3 Å². The molecule has 9 heteroatoms. The summed E-state index contributed by atoms with van der Waals surface area (Å²) in [4.78, 5) is 28.1. The van der Waals surface area contributed by atoms with Gasteiger partial charge in [-0.3, -0.25) is 9.59 Å². The van der Waals surface area contributed by atoms with Gasteiger partial charge in [0.1, 0.15) is 11.2 Å². The molecular weight excluding hydrogens is 528 g/mol. The van der Waals surface area contributed by atoms with Crippen LogP contribution in [0.3, 0.4) is 0 Å². The van der Waals surface area contributed by atoms with Gasteiger partial charge >= 0.3 is 0 Å². The monoisotopic (exact) mass is 561 g/mol. The molecule has 2 aromatic carbocycles. The summed E-state index contributed by atoms with van der Waals surface area (Å²) in [6.45, 7) is 6.23. The molecule has 1 saturated carbocycles. The van der Waals surface area contributed by atoms with Crippen molar-refractivity contribution in [2.24, 2.45) is 5.41 Å². The number of aliphatic hydroxyl groups excluding tert-OH is 1. The van der Waals surface area contributed by atoms with Crippen molar-refractivity contribution >= 4 is 40.7 Å². The number of fused-ring (bicyclic) bond motifs is 2. The maximum atomic E-state index is 15.8. The summed E-state index contributed by atoms with van der Waals surface area (Å²) >= 11 is 12.5. The quantitative estimate of drug-likeness (QED) is 0.407. The lowest BCUT2D eigenvalue weighted by atomic mass is 9.62. The second-order valence-corrected chi connectivity index (χ2v) is 13.0. The first-order valence-electron chi connectivity index (χ1n) is 13.2. The fraction of sp³-hybridized carbons (Fsp3) is 0.517. The third-order valence-electron chi connectivity index (χ3n) is 8.26. The van der Waals surface area contributed by atoms with E-state index in [1.165, 1.54) is 6.07 Å². The van der Waals surface area contributed by atoms with Crippen LogP contribution in [0.1, 0.15) is 69.9 Å². The fourth-order valence-corrected chi connectivity index (χ4v) is 7.02. The summed E-state index contributed by atoms with van der Waals surface area (Å²) < 4.78 is 15.8. The number of hydrogen-bond donors (Lipinski definition) is 4. The molecule has 4 N–H and O–H groups in total. The Bertz CT molecular complexity index is 1260. The van der Waals surface area contributed by atoms with E-state index in [0.29, 0.717) is 48.4 Å². The molecule has 2 heterocycles. The molecule has 2 amide bonds. The van der Waals surface area contributed by atoms with Gasteiger partial charge in [0.15, 0.2) is 0 Å². The second kappa shape index (κ2) is 10.1. The highest BCUT2D eigenvalue weighted by molar-refractivity contribution is 6.31. The predicted octanol–water partition coefficient (Wildman–Crippen LogP) is 5.30. The molecule has 2 aromatic rings. The van der Waals surface area contributed by atoms with Crippen molar-refractivity contribution in [1.82, 2.24) is 10.6 Å². The maximum Gasteiger partial charge on any atom is 0.238 e. The van der Waals surface area contributed by atoms with E-state index >= 15 is 4.39 Å². The topological polar surface area (TPSA) is 90.5 Å². The van der Waals surface area contributed by atoms with Crippen LogP contribution in [0.15, 0.2) is 36.4 Å². The average molecular weight is 563 g/mol. The number of amides is 2. The van der Waals surface area contributed by atoms with Gasteiger partial charge in [-0.25, -0.2) is 4.39 Å². The van der Waals surface area contributed by atoms with Gasteiger partial charge in [-0.15, -0.1) is 0 Å². The van der Waals surface area contributed by atoms with E-state index in [9.17, 15) is 14.7 Å². The first kappa shape index (κ1) is 27.4. The van der Waals surface area contributed by atoms with Crippen LogP contribution in [0.5, 0.6) is 0 Å².